The molecule has 2 rings (SSSR count). The molecule has 0 saturated carbocycles. The van der Waals surface area contributed by atoms with Crippen LogP contribution in [0, 0.1) is 11.3 Å². The first-order valence-corrected chi connectivity index (χ1v) is 4.53. The van der Waals surface area contributed by atoms with Crippen molar-refractivity contribution in [3.63, 3.8) is 0 Å². The lowest BCUT2D eigenvalue weighted by Gasteiger charge is -2.04. The van der Waals surface area contributed by atoms with Gasteiger partial charge in [-0.25, -0.2) is 0 Å². The largest absolute Gasteiger partial charge is 0.321 e. The summed E-state index contributed by atoms with van der Waals surface area (Å²) in [6.45, 7) is 0.499. The molecule has 0 radical (unpaired) electrons. The molecule has 1 atom stereocenters. The average molecular weight is 204 g/mol. The number of rotatable bonds is 2. The first kappa shape index (κ1) is 9.52. The number of hydrogen-bond acceptors (Lipinski definition) is 4. The van der Waals surface area contributed by atoms with E-state index >= 15 is 0 Å². The topological polar surface area (TPSA) is 85.7 Å². The first-order valence-electron chi connectivity index (χ1n) is 4.53. The van der Waals surface area contributed by atoms with Crippen molar-refractivity contribution in [2.24, 2.45) is 10.2 Å². The van der Waals surface area contributed by atoms with Crippen LogP contribution in [0.2, 0.25) is 0 Å². The Hall–Kier alpha value is -2.03. The van der Waals surface area contributed by atoms with E-state index in [0.717, 1.165) is 0 Å². The van der Waals surface area contributed by atoms with Crippen molar-refractivity contribution in [3.05, 3.63) is 11.8 Å². The van der Waals surface area contributed by atoms with Gasteiger partial charge in [-0.2, -0.15) is 10.4 Å². The molecule has 1 fully saturated rings. The van der Waals surface area contributed by atoms with Gasteiger partial charge >= 0.3 is 0 Å². The number of nitrogens with zero attached hydrogens (tertiary/aromatic N) is 4. The van der Waals surface area contributed by atoms with E-state index in [9.17, 15) is 9.59 Å². The molecule has 0 bridgehead atoms. The lowest BCUT2D eigenvalue weighted by Crippen LogP contribution is -2.13. The fourth-order valence-corrected chi connectivity index (χ4v) is 1.30. The minimum Gasteiger partial charge on any atom is -0.321 e. The lowest BCUT2D eigenvalue weighted by molar-refractivity contribution is -0.125. The molecule has 0 spiro atoms. The van der Waals surface area contributed by atoms with Crippen LogP contribution < -0.4 is 0 Å². The number of hydrogen-bond donors (Lipinski definition) is 0. The predicted molar refractivity (Wildman–Crippen MR) is 48.3 cm³/mol. The Morgan fingerprint density at radius 1 is 1.67 bits per heavy atom. The zero-order valence-electron chi connectivity index (χ0n) is 7.88. The fourth-order valence-electron chi connectivity index (χ4n) is 1.30. The quantitative estimate of drug-likeness (QED) is 0.609. The number of carbonyl (C=O) groups excluding carboxylic acids is 2. The standard InChI is InChI=1S/C9H8N4O2/c10-4-7-5-13(7)9(15)3-6-1-2-8(14)12-11-6/h1,7H,2-3,5H2. The van der Waals surface area contributed by atoms with Crippen LogP contribution in [0.4, 0.5) is 0 Å². The van der Waals surface area contributed by atoms with Crippen molar-refractivity contribution >= 4 is 11.8 Å². The van der Waals surface area contributed by atoms with Crippen LogP contribution in [0.5, 0.6) is 0 Å². The Labute approximate surface area is 85.9 Å². The van der Waals surface area contributed by atoms with Gasteiger partial charge in [-0.1, -0.05) is 6.08 Å². The Balaban J connectivity index is 1.89. The maximum Gasteiger partial charge on any atom is 0.268 e. The molecule has 0 aliphatic carbocycles. The molecule has 2 amide bonds. The summed E-state index contributed by atoms with van der Waals surface area (Å²) in [4.78, 5) is 23.6. The predicted octanol–water partition coefficient (Wildman–Crippen LogP) is 0.377. The molecule has 76 valence electrons. The highest BCUT2D eigenvalue weighted by molar-refractivity contribution is 5.83. The molecule has 1 saturated heterocycles. The van der Waals surface area contributed by atoms with E-state index in [0.29, 0.717) is 12.2 Å². The van der Waals surface area contributed by atoms with Crippen molar-refractivity contribution in [1.29, 1.82) is 5.26 Å². The van der Waals surface area contributed by atoms with Gasteiger partial charge in [0.1, 0.15) is 6.04 Å². The summed E-state index contributed by atoms with van der Waals surface area (Å²) in [6, 6.07) is 1.71. The second kappa shape index (κ2) is 3.61. The van der Waals surface area contributed by atoms with Crippen molar-refractivity contribution in [1.82, 2.24) is 4.90 Å². The van der Waals surface area contributed by atoms with Gasteiger partial charge in [0, 0.05) is 0 Å². The van der Waals surface area contributed by atoms with Crippen molar-refractivity contribution in [2.75, 3.05) is 6.54 Å². The van der Waals surface area contributed by atoms with Gasteiger partial charge in [0.2, 0.25) is 5.91 Å². The Kier molecular flexibility index (Phi) is 2.29. The highest BCUT2D eigenvalue weighted by atomic mass is 16.2. The van der Waals surface area contributed by atoms with Crippen LogP contribution in [0.3, 0.4) is 0 Å². The second-order valence-corrected chi connectivity index (χ2v) is 3.36. The van der Waals surface area contributed by atoms with Crippen LogP contribution in [-0.2, 0) is 9.59 Å². The third-order valence-electron chi connectivity index (χ3n) is 2.22. The molecule has 0 aromatic rings. The van der Waals surface area contributed by atoms with E-state index in [2.05, 4.69) is 10.2 Å². The van der Waals surface area contributed by atoms with Gasteiger partial charge in [0.25, 0.3) is 5.91 Å². The van der Waals surface area contributed by atoms with Crippen LogP contribution in [0.1, 0.15) is 12.8 Å². The molecule has 0 N–H and O–H groups in total. The highest BCUT2D eigenvalue weighted by Gasteiger charge is 2.38. The molecule has 6 nitrogen and oxygen atoms in total. The van der Waals surface area contributed by atoms with E-state index in [1.165, 1.54) is 4.90 Å². The number of carbonyl (C=O) groups is 2. The van der Waals surface area contributed by atoms with Crippen LogP contribution in [0.15, 0.2) is 22.0 Å². The molecule has 15 heavy (non-hydrogen) atoms. The van der Waals surface area contributed by atoms with Crippen molar-refractivity contribution in [3.8, 4) is 6.07 Å². The normalized spacial score (nSPS) is 23.4. The van der Waals surface area contributed by atoms with Gasteiger partial charge < -0.3 is 4.90 Å². The molecule has 2 heterocycles. The minimum atomic E-state index is -0.298. The van der Waals surface area contributed by atoms with E-state index in [1.54, 1.807) is 6.08 Å². The first-order chi connectivity index (χ1) is 7.20. The summed E-state index contributed by atoms with van der Waals surface area (Å²) in [6.07, 6.45) is 1.92. The fraction of sp³-hybridized carbons (Fsp3) is 0.444. The summed E-state index contributed by atoms with van der Waals surface area (Å²) in [7, 11) is 0. The monoisotopic (exact) mass is 204 g/mol. The molecule has 6 heteroatoms. The second-order valence-electron chi connectivity index (χ2n) is 3.36. The van der Waals surface area contributed by atoms with Crippen LogP contribution >= 0.6 is 0 Å². The van der Waals surface area contributed by atoms with Crippen LogP contribution in [-0.4, -0.2) is 29.3 Å². The summed E-state index contributed by atoms with van der Waals surface area (Å²) < 4.78 is 0. The third-order valence-corrected chi connectivity index (χ3v) is 2.22. The Morgan fingerprint density at radius 2 is 2.47 bits per heavy atom. The smallest absolute Gasteiger partial charge is 0.268 e. The van der Waals surface area contributed by atoms with E-state index in [4.69, 9.17) is 5.26 Å². The zero-order valence-corrected chi connectivity index (χ0v) is 7.88. The Morgan fingerprint density at radius 3 is 3.00 bits per heavy atom. The number of nitriles is 1. The number of azo groups is 1. The van der Waals surface area contributed by atoms with E-state index in [-0.39, 0.29) is 30.7 Å². The maximum atomic E-state index is 11.5. The summed E-state index contributed by atoms with van der Waals surface area (Å²) in [5, 5.41) is 15.5. The molecular formula is C9H8N4O2. The maximum absolute atomic E-state index is 11.5. The molecular weight excluding hydrogens is 196 g/mol. The molecule has 2 aliphatic rings. The van der Waals surface area contributed by atoms with Gasteiger partial charge in [0.05, 0.1) is 31.2 Å². The molecule has 0 aromatic heterocycles. The van der Waals surface area contributed by atoms with Gasteiger partial charge in [-0.15, -0.1) is 5.11 Å². The third kappa shape index (κ3) is 2.07. The SMILES string of the molecule is N#CC1CN1C(=O)CC1=CCC(=O)N=N1. The van der Waals surface area contributed by atoms with Gasteiger partial charge in [-0.3, -0.25) is 9.59 Å². The van der Waals surface area contributed by atoms with Crippen molar-refractivity contribution < 1.29 is 9.59 Å². The minimum absolute atomic E-state index is 0.120. The molecule has 0 aromatic carbocycles. The van der Waals surface area contributed by atoms with Gasteiger partial charge in [-0.05, 0) is 0 Å². The summed E-state index contributed by atoms with van der Waals surface area (Å²) in [5.74, 6) is -0.436. The summed E-state index contributed by atoms with van der Waals surface area (Å²) >= 11 is 0. The van der Waals surface area contributed by atoms with Gasteiger partial charge in [0.15, 0.2) is 0 Å². The average Bonchev–Trinajstić information content (AvgIpc) is 3.00. The molecule has 1 unspecified atom stereocenters. The lowest BCUT2D eigenvalue weighted by atomic mass is 10.2. The van der Waals surface area contributed by atoms with E-state index < -0.39 is 0 Å². The molecule has 2 aliphatic heterocycles. The highest BCUT2D eigenvalue weighted by Crippen LogP contribution is 2.21. The number of amides is 2. The van der Waals surface area contributed by atoms with Crippen LogP contribution in [0.25, 0.3) is 0 Å². The summed E-state index contributed by atoms with van der Waals surface area (Å²) in [5.41, 5.74) is 0.503. The van der Waals surface area contributed by atoms with Crippen molar-refractivity contribution in [2.45, 2.75) is 18.9 Å². The zero-order chi connectivity index (χ0) is 10.8. The van der Waals surface area contributed by atoms with E-state index in [1.807, 2.05) is 6.07 Å². The Bertz CT molecular complexity index is 418.